The maximum absolute atomic E-state index is 12.8. The van der Waals surface area contributed by atoms with Crippen molar-refractivity contribution >= 4 is 0 Å². The Hall–Kier alpha value is -0.980. The lowest BCUT2D eigenvalue weighted by Gasteiger charge is -2.61. The Morgan fingerprint density at radius 2 is 1.47 bits per heavy atom. The number of hydrogen-bond acceptors (Lipinski definition) is 18. The first kappa shape index (κ1) is 46.1. The standard InChI is InChI=1S/C44H70O18/c1-18-8-11-43(56-16-18)20(3)44(54)29(62-43)14-25-23-7-6-21-12-22(13-28(47)42(21,5)24(23)9-10-41(25,44)4)58-40-37(61-39-34(52)32(50)30(48)19(2)57-39)35(53)36(27(15-45)59-40)60-38-33(51)31(49)26(46)17-55-38/h6,18-20,22-40,45-54H,7-17H2,1-5H3. The summed E-state index contributed by atoms with van der Waals surface area (Å²) in [5.74, 6) is -0.00663. The van der Waals surface area contributed by atoms with Gasteiger partial charge in [0.1, 0.15) is 66.6 Å². The molecule has 5 heterocycles. The molecule has 1 spiro atoms. The van der Waals surface area contributed by atoms with E-state index in [0.29, 0.717) is 18.9 Å². The van der Waals surface area contributed by atoms with Crippen LogP contribution in [0.15, 0.2) is 11.6 Å². The number of rotatable bonds is 7. The summed E-state index contributed by atoms with van der Waals surface area (Å²) in [6.07, 6.45) is -15.5. The van der Waals surface area contributed by atoms with Crippen molar-refractivity contribution in [1.82, 2.24) is 0 Å². The summed E-state index contributed by atoms with van der Waals surface area (Å²) in [7, 11) is 0. The second-order valence-electron chi connectivity index (χ2n) is 20.8. The van der Waals surface area contributed by atoms with Crippen LogP contribution in [0.1, 0.15) is 86.0 Å². The maximum Gasteiger partial charge on any atom is 0.187 e. The molecule has 18 nitrogen and oxygen atoms in total. The fraction of sp³-hybridized carbons (Fsp3) is 0.955. The lowest BCUT2D eigenvalue weighted by Crippen LogP contribution is -2.66. The number of ether oxygens (including phenoxy) is 8. The summed E-state index contributed by atoms with van der Waals surface area (Å²) in [4.78, 5) is 0. The molecule has 5 saturated heterocycles. The third-order valence-electron chi connectivity index (χ3n) is 17.7. The minimum Gasteiger partial charge on any atom is -0.394 e. The van der Waals surface area contributed by atoms with Crippen molar-refractivity contribution in [3.8, 4) is 0 Å². The van der Waals surface area contributed by atoms with E-state index in [1.54, 1.807) is 0 Å². The van der Waals surface area contributed by atoms with Gasteiger partial charge in [0, 0.05) is 29.6 Å². The third kappa shape index (κ3) is 6.95. The van der Waals surface area contributed by atoms with Crippen LogP contribution in [0.4, 0.5) is 0 Å². The summed E-state index contributed by atoms with van der Waals surface area (Å²) >= 11 is 0. The quantitative estimate of drug-likeness (QED) is 0.137. The molecule has 26 unspecified atom stereocenters. The molecular weight excluding hydrogens is 816 g/mol. The first-order valence-corrected chi connectivity index (χ1v) is 23.0. The molecule has 9 rings (SSSR count). The van der Waals surface area contributed by atoms with E-state index in [1.165, 1.54) is 6.92 Å². The Bertz CT molecular complexity index is 1650. The average molecular weight is 887 g/mol. The second kappa shape index (κ2) is 16.7. The fourth-order valence-electron chi connectivity index (χ4n) is 13.7. The van der Waals surface area contributed by atoms with Crippen molar-refractivity contribution in [3.05, 3.63) is 11.6 Å². The van der Waals surface area contributed by atoms with Crippen molar-refractivity contribution in [2.24, 2.45) is 40.4 Å². The number of allylic oxidation sites excluding steroid dienone is 1. The van der Waals surface area contributed by atoms with Crippen LogP contribution < -0.4 is 0 Å². The van der Waals surface area contributed by atoms with Gasteiger partial charge in [0.15, 0.2) is 24.7 Å². The number of aliphatic hydroxyl groups is 10. The topological polar surface area (TPSA) is 276 Å². The summed E-state index contributed by atoms with van der Waals surface area (Å²) in [5, 5.41) is 110. The maximum atomic E-state index is 12.8. The summed E-state index contributed by atoms with van der Waals surface area (Å²) in [6, 6.07) is 0. The molecule has 0 aromatic carbocycles. The number of aliphatic hydroxyl groups excluding tert-OH is 9. The van der Waals surface area contributed by atoms with Crippen molar-refractivity contribution in [3.63, 3.8) is 0 Å². The molecule has 10 N–H and O–H groups in total. The van der Waals surface area contributed by atoms with Crippen molar-refractivity contribution < 1.29 is 89.0 Å². The zero-order valence-corrected chi connectivity index (χ0v) is 36.3. The Morgan fingerprint density at radius 1 is 0.742 bits per heavy atom. The van der Waals surface area contributed by atoms with Crippen molar-refractivity contribution in [2.75, 3.05) is 19.8 Å². The monoisotopic (exact) mass is 886 g/mol. The predicted octanol–water partition coefficient (Wildman–Crippen LogP) is -1.06. The molecule has 3 saturated carbocycles. The molecule has 354 valence electrons. The van der Waals surface area contributed by atoms with Gasteiger partial charge in [0.25, 0.3) is 0 Å². The highest BCUT2D eigenvalue weighted by Gasteiger charge is 2.76. The molecule has 0 radical (unpaired) electrons. The van der Waals surface area contributed by atoms with E-state index in [2.05, 4.69) is 33.8 Å². The lowest BCUT2D eigenvalue weighted by atomic mass is 9.45. The molecule has 0 aromatic rings. The van der Waals surface area contributed by atoms with Crippen LogP contribution in [0.25, 0.3) is 0 Å². The first-order chi connectivity index (χ1) is 29.3. The molecule has 26 atom stereocenters. The van der Waals surface area contributed by atoms with E-state index in [0.717, 1.165) is 44.1 Å². The normalized spacial score (nSPS) is 58.9. The summed E-state index contributed by atoms with van der Waals surface area (Å²) in [5.41, 5.74) is -1.00. The largest absolute Gasteiger partial charge is 0.394 e. The molecule has 18 heteroatoms. The van der Waals surface area contributed by atoms with E-state index in [4.69, 9.17) is 37.9 Å². The highest BCUT2D eigenvalue weighted by Crippen LogP contribution is 2.72. The van der Waals surface area contributed by atoms with E-state index in [-0.39, 0.29) is 36.2 Å². The molecule has 62 heavy (non-hydrogen) atoms. The van der Waals surface area contributed by atoms with Gasteiger partial charge in [-0.25, -0.2) is 0 Å². The van der Waals surface area contributed by atoms with Gasteiger partial charge in [-0.1, -0.05) is 39.3 Å². The Labute approximate surface area is 362 Å². The highest BCUT2D eigenvalue weighted by atomic mass is 16.8. The van der Waals surface area contributed by atoms with Crippen molar-refractivity contribution in [2.45, 2.75) is 202 Å². The summed E-state index contributed by atoms with van der Waals surface area (Å²) in [6.45, 7) is 9.65. The third-order valence-corrected chi connectivity index (χ3v) is 17.7. The van der Waals surface area contributed by atoms with Crippen LogP contribution in [0.2, 0.25) is 0 Å². The number of fused-ring (bicyclic) bond motifs is 7. The van der Waals surface area contributed by atoms with E-state index < -0.39 is 134 Å². The van der Waals surface area contributed by atoms with E-state index >= 15 is 0 Å². The van der Waals surface area contributed by atoms with Crippen LogP contribution in [-0.2, 0) is 37.9 Å². The van der Waals surface area contributed by atoms with E-state index in [9.17, 15) is 51.1 Å². The molecule has 0 bridgehead atoms. The van der Waals surface area contributed by atoms with Gasteiger partial charge in [0.2, 0.25) is 0 Å². The zero-order valence-electron chi connectivity index (χ0n) is 36.3. The smallest absolute Gasteiger partial charge is 0.187 e. The lowest BCUT2D eigenvalue weighted by molar-refractivity contribution is -0.386. The predicted molar refractivity (Wildman–Crippen MR) is 211 cm³/mol. The van der Waals surface area contributed by atoms with Gasteiger partial charge in [-0.2, -0.15) is 0 Å². The average Bonchev–Trinajstić information content (AvgIpc) is 3.60. The van der Waals surface area contributed by atoms with Crippen LogP contribution >= 0.6 is 0 Å². The Morgan fingerprint density at radius 3 is 2.18 bits per heavy atom. The summed E-state index contributed by atoms with van der Waals surface area (Å²) < 4.78 is 49.2. The highest BCUT2D eigenvalue weighted by molar-refractivity contribution is 5.30. The van der Waals surface area contributed by atoms with Gasteiger partial charge >= 0.3 is 0 Å². The second-order valence-corrected chi connectivity index (χ2v) is 20.8. The van der Waals surface area contributed by atoms with Gasteiger partial charge in [0.05, 0.1) is 44.2 Å². The molecule has 4 aliphatic carbocycles. The fourth-order valence-corrected chi connectivity index (χ4v) is 13.7. The van der Waals surface area contributed by atoms with Gasteiger partial charge in [-0.15, -0.1) is 0 Å². The Balaban J connectivity index is 0.938. The molecular formula is C44H70O18. The van der Waals surface area contributed by atoms with E-state index in [1.807, 2.05) is 0 Å². The van der Waals surface area contributed by atoms with Gasteiger partial charge < -0.3 is 89.0 Å². The first-order valence-electron chi connectivity index (χ1n) is 23.0. The molecule has 0 aromatic heterocycles. The van der Waals surface area contributed by atoms with Crippen LogP contribution in [-0.4, -0.2) is 187 Å². The minimum absolute atomic E-state index is 0.126. The number of hydrogen-bond donors (Lipinski definition) is 10. The van der Waals surface area contributed by atoms with Gasteiger partial charge in [-0.05, 0) is 69.1 Å². The Kier molecular flexibility index (Phi) is 12.4. The van der Waals surface area contributed by atoms with Crippen LogP contribution in [0.3, 0.4) is 0 Å². The zero-order chi connectivity index (χ0) is 44.4. The SMILES string of the molecule is CC1CCC2(OC1)OC1CC3C4CC=C5CC(OC6OC(CO)C(OC7OCC(O)C(O)C7O)C(O)C6OC6OC(C)C(O)C(O)C6O)CC(O)C5(C)C4CCC3(C)C1(O)C2C. The molecule has 5 aliphatic heterocycles. The van der Waals surface area contributed by atoms with Crippen LogP contribution in [0, 0.1) is 40.4 Å². The van der Waals surface area contributed by atoms with Gasteiger partial charge in [-0.3, -0.25) is 0 Å². The minimum atomic E-state index is -1.76. The molecule has 9 aliphatic rings. The molecule has 0 amide bonds. The van der Waals surface area contributed by atoms with Crippen LogP contribution in [0.5, 0.6) is 0 Å². The molecule has 8 fully saturated rings. The van der Waals surface area contributed by atoms with Crippen molar-refractivity contribution in [1.29, 1.82) is 0 Å².